The molecule has 272 valence electrons. The largest absolute Gasteiger partial charge is 0.503 e. The van der Waals surface area contributed by atoms with Crippen LogP contribution in [0, 0.1) is 0 Å². The standard InChI is InChI=1S/C36H81O4PS3/c1-10-19-28-42(29-20-11-2,30-21-12-3)38-41(37,39-43(31-22-13-4,32-23-14-5)33-24-15-6)40-44(34-25-16-7,35-26-17-8)36-27-18-9/h10-36H2,1-9H3. The number of phosphoric acid groups is 1. The fraction of sp³-hybridized carbons (Fsp3) is 1.00. The van der Waals surface area contributed by atoms with Crippen molar-refractivity contribution in [1.29, 1.82) is 0 Å². The van der Waals surface area contributed by atoms with E-state index in [-0.39, 0.29) is 0 Å². The van der Waals surface area contributed by atoms with Crippen LogP contribution in [0.1, 0.15) is 178 Å². The molecule has 4 nitrogen and oxygen atoms in total. The molecule has 0 aromatic rings. The van der Waals surface area contributed by atoms with Gasteiger partial charge in [0.15, 0.2) is 0 Å². The maximum absolute atomic E-state index is 15.9. The Bertz CT molecular complexity index is 553. The van der Waals surface area contributed by atoms with Crippen molar-refractivity contribution < 1.29 is 16.5 Å². The number of rotatable bonds is 33. The minimum Gasteiger partial charge on any atom is -0.236 e. The summed E-state index contributed by atoms with van der Waals surface area (Å²) < 4.78 is 38.0. The topological polar surface area (TPSA) is 44.8 Å². The second kappa shape index (κ2) is 27.0. The van der Waals surface area contributed by atoms with E-state index in [1.165, 1.54) is 0 Å². The van der Waals surface area contributed by atoms with Crippen molar-refractivity contribution in [2.24, 2.45) is 0 Å². The zero-order valence-electron chi connectivity index (χ0n) is 31.4. The quantitative estimate of drug-likeness (QED) is 0.0638. The third-order valence-corrected chi connectivity index (χ3v) is 23.9. The summed E-state index contributed by atoms with van der Waals surface area (Å²) in [5.74, 6) is 9.27. The minimum atomic E-state index is -3.83. The summed E-state index contributed by atoms with van der Waals surface area (Å²) in [5, 5.41) is 0. The summed E-state index contributed by atoms with van der Waals surface area (Å²) in [5.41, 5.74) is 0. The van der Waals surface area contributed by atoms with Crippen LogP contribution in [-0.2, 0) is 16.5 Å². The maximum atomic E-state index is 15.9. The molecule has 0 amide bonds. The van der Waals surface area contributed by atoms with Crippen LogP contribution in [0.5, 0.6) is 0 Å². The summed E-state index contributed by atoms with van der Waals surface area (Å²) in [7, 11) is -8.62. The molecule has 8 heteroatoms. The lowest BCUT2D eigenvalue weighted by Gasteiger charge is -2.49. The van der Waals surface area contributed by atoms with Crippen LogP contribution in [0.2, 0.25) is 0 Å². The van der Waals surface area contributed by atoms with Crippen molar-refractivity contribution in [3.8, 4) is 0 Å². The molecule has 0 aliphatic heterocycles. The average Bonchev–Trinajstić information content (AvgIpc) is 3.02. The van der Waals surface area contributed by atoms with Gasteiger partial charge in [-0.1, -0.05) is 120 Å². The van der Waals surface area contributed by atoms with E-state index >= 15 is 4.57 Å². The van der Waals surface area contributed by atoms with Gasteiger partial charge in [-0.2, -0.15) is 0 Å². The second-order valence-corrected chi connectivity index (χ2v) is 25.2. The van der Waals surface area contributed by atoms with E-state index in [1.807, 2.05) is 0 Å². The van der Waals surface area contributed by atoms with Crippen LogP contribution in [0.4, 0.5) is 0 Å². The summed E-state index contributed by atoms with van der Waals surface area (Å²) in [6.45, 7) is 20.5. The van der Waals surface area contributed by atoms with E-state index in [9.17, 15) is 0 Å². The molecule has 0 radical (unpaired) electrons. The summed E-state index contributed by atoms with van der Waals surface area (Å²) in [6, 6.07) is 0. The van der Waals surface area contributed by atoms with Gasteiger partial charge in [-0.15, -0.1) is 30.9 Å². The van der Waals surface area contributed by atoms with Crippen molar-refractivity contribution in [2.75, 3.05) is 51.8 Å². The van der Waals surface area contributed by atoms with E-state index in [1.54, 1.807) is 0 Å². The molecule has 0 N–H and O–H groups in total. The van der Waals surface area contributed by atoms with Gasteiger partial charge in [0, 0.05) is 0 Å². The third-order valence-electron chi connectivity index (χ3n) is 8.58. The first-order valence-corrected chi connectivity index (χ1v) is 26.8. The van der Waals surface area contributed by atoms with Gasteiger partial charge in [0.05, 0.1) is 0 Å². The van der Waals surface area contributed by atoms with Gasteiger partial charge in [0.25, 0.3) is 0 Å². The smallest absolute Gasteiger partial charge is 0.236 e. The van der Waals surface area contributed by atoms with Crippen LogP contribution in [0.25, 0.3) is 0 Å². The predicted octanol–water partition coefficient (Wildman–Crippen LogP) is 14.5. The van der Waals surface area contributed by atoms with Gasteiger partial charge >= 0.3 is 7.82 Å². The lowest BCUT2D eigenvalue weighted by Crippen LogP contribution is -2.24. The van der Waals surface area contributed by atoms with Crippen LogP contribution in [0.3, 0.4) is 0 Å². The fourth-order valence-electron chi connectivity index (χ4n) is 5.54. The zero-order valence-corrected chi connectivity index (χ0v) is 34.7. The Morgan fingerprint density at radius 1 is 0.318 bits per heavy atom. The summed E-state index contributed by atoms with van der Waals surface area (Å²) in [6.07, 6.45) is 20.4. The van der Waals surface area contributed by atoms with Crippen molar-refractivity contribution in [3.05, 3.63) is 0 Å². The van der Waals surface area contributed by atoms with Gasteiger partial charge < -0.3 is 0 Å². The molecule has 0 aromatic carbocycles. The van der Waals surface area contributed by atoms with Gasteiger partial charge in [0.2, 0.25) is 0 Å². The molecule has 0 fully saturated rings. The van der Waals surface area contributed by atoms with Crippen LogP contribution in [-0.4, -0.2) is 51.8 Å². The Balaban J connectivity index is 7.27. The first kappa shape index (κ1) is 45.2. The molecule has 0 aliphatic carbocycles. The molecule has 0 heterocycles. The van der Waals surface area contributed by atoms with Gasteiger partial charge in [-0.3, -0.25) is 0 Å². The molecule has 0 atom stereocenters. The molecule has 0 saturated heterocycles. The van der Waals surface area contributed by atoms with Crippen molar-refractivity contribution >= 4 is 38.7 Å². The van der Waals surface area contributed by atoms with Crippen molar-refractivity contribution in [1.82, 2.24) is 0 Å². The minimum absolute atomic E-state index is 1.03. The van der Waals surface area contributed by atoms with E-state index < -0.39 is 38.7 Å². The average molecular weight is 705 g/mol. The Labute approximate surface area is 283 Å². The molecule has 0 bridgehead atoms. The monoisotopic (exact) mass is 705 g/mol. The summed E-state index contributed by atoms with van der Waals surface area (Å²) >= 11 is 0. The molecule has 0 aliphatic rings. The highest BCUT2D eigenvalue weighted by Gasteiger charge is 2.46. The predicted molar refractivity (Wildman–Crippen MR) is 212 cm³/mol. The number of hydrogen-bond acceptors (Lipinski definition) is 4. The first-order chi connectivity index (χ1) is 21.2. The lowest BCUT2D eigenvalue weighted by atomic mass is 10.4. The first-order valence-electron chi connectivity index (χ1n) is 19.2. The van der Waals surface area contributed by atoms with Crippen LogP contribution < -0.4 is 0 Å². The van der Waals surface area contributed by atoms with Crippen molar-refractivity contribution in [3.63, 3.8) is 0 Å². The molecule has 44 heavy (non-hydrogen) atoms. The summed E-state index contributed by atoms with van der Waals surface area (Å²) in [4.78, 5) is 0. The lowest BCUT2D eigenvalue weighted by molar-refractivity contribution is 0.331. The normalized spacial score (nSPS) is 14.3. The van der Waals surface area contributed by atoms with E-state index in [4.69, 9.17) is 11.9 Å². The zero-order chi connectivity index (χ0) is 33.2. The Morgan fingerprint density at radius 2 is 0.455 bits per heavy atom. The molecule has 0 saturated carbocycles. The highest BCUT2D eigenvalue weighted by atomic mass is 32.3. The Kier molecular flexibility index (Phi) is 27.7. The van der Waals surface area contributed by atoms with Gasteiger partial charge in [0.1, 0.15) is 0 Å². The molecule has 0 rings (SSSR count). The third kappa shape index (κ3) is 18.6. The van der Waals surface area contributed by atoms with Crippen LogP contribution in [0.15, 0.2) is 0 Å². The van der Waals surface area contributed by atoms with Crippen molar-refractivity contribution in [2.45, 2.75) is 178 Å². The molecule has 0 unspecified atom stereocenters. The molecule has 0 aromatic heterocycles. The molecular weight excluding hydrogens is 624 g/mol. The van der Waals surface area contributed by atoms with Gasteiger partial charge in [-0.05, 0) is 110 Å². The highest BCUT2D eigenvalue weighted by molar-refractivity contribution is 8.35. The van der Waals surface area contributed by atoms with E-state index in [0.29, 0.717) is 0 Å². The highest BCUT2D eigenvalue weighted by Crippen LogP contribution is 2.78. The fourth-order valence-corrected chi connectivity index (χ4v) is 23.0. The van der Waals surface area contributed by atoms with Gasteiger partial charge in [-0.25, -0.2) is 16.5 Å². The molecular formula is C36H81O4PS3. The Hall–Kier alpha value is 1.16. The molecule has 0 spiro atoms. The Morgan fingerprint density at radius 3 is 0.568 bits per heavy atom. The number of hydrogen-bond donors (Lipinski definition) is 0. The maximum Gasteiger partial charge on any atom is 0.503 e. The van der Waals surface area contributed by atoms with E-state index in [0.717, 1.165) is 167 Å². The van der Waals surface area contributed by atoms with Crippen LogP contribution >= 0.6 is 38.7 Å². The number of unbranched alkanes of at least 4 members (excludes halogenated alkanes) is 9. The second-order valence-electron chi connectivity index (χ2n) is 13.1. The SMILES string of the molecule is CCCCS(CCCC)(CCCC)OP(=O)(OS(CCCC)(CCCC)CCCC)OS(CCCC)(CCCC)CCCC. The van der Waals surface area contributed by atoms with E-state index in [2.05, 4.69) is 62.3 Å².